The quantitative estimate of drug-likeness (QED) is 0.604. The van der Waals surface area contributed by atoms with Gasteiger partial charge in [0.15, 0.2) is 0 Å². The van der Waals surface area contributed by atoms with Gasteiger partial charge in [0, 0.05) is 22.7 Å². The number of anilines is 1. The van der Waals surface area contributed by atoms with Crippen LogP contribution in [0.5, 0.6) is 0 Å². The van der Waals surface area contributed by atoms with E-state index in [9.17, 15) is 22.4 Å². The summed E-state index contributed by atoms with van der Waals surface area (Å²) >= 11 is 6.00. The fraction of sp³-hybridized carbons (Fsp3) is 0.391. The number of hydrogen-bond donors (Lipinski definition) is 1. The number of rotatable bonds is 8. The first kappa shape index (κ1) is 26.6. The molecule has 0 heterocycles. The number of nitrogens with zero attached hydrogens (tertiary/aromatic N) is 2. The second kappa shape index (κ2) is 10.5. The lowest BCUT2D eigenvalue weighted by Gasteiger charge is -2.33. The van der Waals surface area contributed by atoms with E-state index in [0.29, 0.717) is 5.02 Å². The highest BCUT2D eigenvalue weighted by atomic mass is 35.5. The molecule has 2 amide bonds. The SMILES string of the molecule is CC(C(=O)NC(C)(C)C)N(Cc1ccccc1F)C(=O)CN(c1cccc(Cl)c1)S(C)(=O)=O. The molecule has 0 aliphatic heterocycles. The molecule has 33 heavy (non-hydrogen) atoms. The van der Waals surface area contributed by atoms with E-state index in [1.165, 1.54) is 42.2 Å². The normalized spacial score (nSPS) is 12.7. The van der Waals surface area contributed by atoms with Crippen molar-refractivity contribution in [1.82, 2.24) is 10.2 Å². The number of hydrogen-bond acceptors (Lipinski definition) is 4. The van der Waals surface area contributed by atoms with Gasteiger partial charge in [-0.05, 0) is 52.0 Å². The Morgan fingerprint density at radius 1 is 1.12 bits per heavy atom. The van der Waals surface area contributed by atoms with E-state index >= 15 is 0 Å². The number of benzene rings is 2. The monoisotopic (exact) mass is 497 g/mol. The van der Waals surface area contributed by atoms with Gasteiger partial charge in [-0.25, -0.2) is 12.8 Å². The van der Waals surface area contributed by atoms with Crippen LogP contribution in [0.15, 0.2) is 48.5 Å². The highest BCUT2D eigenvalue weighted by Crippen LogP contribution is 2.23. The van der Waals surface area contributed by atoms with Crippen LogP contribution < -0.4 is 9.62 Å². The topological polar surface area (TPSA) is 86.8 Å². The van der Waals surface area contributed by atoms with Gasteiger partial charge in [0.25, 0.3) is 0 Å². The van der Waals surface area contributed by atoms with Gasteiger partial charge in [-0.15, -0.1) is 0 Å². The van der Waals surface area contributed by atoms with Crippen LogP contribution in [0.2, 0.25) is 5.02 Å². The fourth-order valence-corrected chi connectivity index (χ4v) is 4.14. The van der Waals surface area contributed by atoms with Crippen molar-refractivity contribution in [1.29, 1.82) is 0 Å². The van der Waals surface area contributed by atoms with Crippen LogP contribution in [0.3, 0.4) is 0 Å². The van der Waals surface area contributed by atoms with E-state index in [1.54, 1.807) is 39.0 Å². The molecule has 0 bridgehead atoms. The third-order valence-electron chi connectivity index (χ3n) is 4.74. The summed E-state index contributed by atoms with van der Waals surface area (Å²) in [5.74, 6) is -1.64. The molecule has 7 nitrogen and oxygen atoms in total. The molecule has 0 aliphatic rings. The van der Waals surface area contributed by atoms with Crippen molar-refractivity contribution in [2.45, 2.75) is 45.8 Å². The lowest BCUT2D eigenvalue weighted by molar-refractivity contribution is -0.140. The molecule has 0 saturated heterocycles. The van der Waals surface area contributed by atoms with Gasteiger partial charge < -0.3 is 10.2 Å². The number of carbonyl (C=O) groups excluding carboxylic acids is 2. The zero-order chi connectivity index (χ0) is 25.0. The highest BCUT2D eigenvalue weighted by Gasteiger charge is 2.31. The van der Waals surface area contributed by atoms with E-state index in [1.807, 2.05) is 0 Å². The Hall–Kier alpha value is -2.65. The van der Waals surface area contributed by atoms with Crippen molar-refractivity contribution >= 4 is 39.1 Å². The average Bonchev–Trinajstić information content (AvgIpc) is 2.68. The van der Waals surface area contributed by atoms with Crippen LogP contribution in [0.4, 0.5) is 10.1 Å². The van der Waals surface area contributed by atoms with E-state index in [2.05, 4.69) is 5.32 Å². The lowest BCUT2D eigenvalue weighted by Crippen LogP contribution is -2.54. The van der Waals surface area contributed by atoms with Gasteiger partial charge in [-0.1, -0.05) is 35.9 Å². The Kier molecular flexibility index (Phi) is 8.48. The van der Waals surface area contributed by atoms with Crippen LogP contribution in [0, 0.1) is 5.82 Å². The van der Waals surface area contributed by atoms with Crippen molar-refractivity contribution in [2.75, 3.05) is 17.1 Å². The summed E-state index contributed by atoms with van der Waals surface area (Å²) in [5, 5.41) is 3.10. The highest BCUT2D eigenvalue weighted by molar-refractivity contribution is 7.92. The van der Waals surface area contributed by atoms with Crippen LogP contribution in [0.25, 0.3) is 0 Å². The van der Waals surface area contributed by atoms with Crippen molar-refractivity contribution < 1.29 is 22.4 Å². The molecule has 2 rings (SSSR count). The molecule has 10 heteroatoms. The van der Waals surface area contributed by atoms with Gasteiger partial charge in [0.1, 0.15) is 18.4 Å². The van der Waals surface area contributed by atoms with Gasteiger partial charge in [-0.3, -0.25) is 13.9 Å². The van der Waals surface area contributed by atoms with Crippen molar-refractivity contribution in [3.8, 4) is 0 Å². The van der Waals surface area contributed by atoms with Crippen molar-refractivity contribution in [2.24, 2.45) is 0 Å². The molecule has 0 fully saturated rings. The van der Waals surface area contributed by atoms with Crippen LogP contribution in [-0.4, -0.2) is 49.5 Å². The molecule has 2 aromatic carbocycles. The number of sulfonamides is 1. The maximum Gasteiger partial charge on any atom is 0.244 e. The Bertz CT molecular complexity index is 1120. The second-order valence-electron chi connectivity index (χ2n) is 8.78. The largest absolute Gasteiger partial charge is 0.350 e. The molecule has 0 aromatic heterocycles. The van der Waals surface area contributed by atoms with Crippen LogP contribution >= 0.6 is 11.6 Å². The Morgan fingerprint density at radius 2 is 1.76 bits per heavy atom. The molecule has 1 N–H and O–H groups in total. The molecule has 0 radical (unpaired) electrons. The van der Waals surface area contributed by atoms with Gasteiger partial charge in [-0.2, -0.15) is 0 Å². The van der Waals surface area contributed by atoms with Gasteiger partial charge in [0.05, 0.1) is 11.9 Å². The first-order valence-electron chi connectivity index (χ1n) is 10.3. The third kappa shape index (κ3) is 7.71. The minimum absolute atomic E-state index is 0.204. The standard InChI is InChI=1S/C23H29ClFN3O4S/c1-16(22(30)26-23(2,3)4)27(14-17-9-6-7-12-20(17)25)21(29)15-28(33(5,31)32)19-11-8-10-18(24)13-19/h6-13,16H,14-15H2,1-5H3,(H,26,30). The van der Waals surface area contributed by atoms with Crippen LogP contribution in [0.1, 0.15) is 33.3 Å². The summed E-state index contributed by atoms with van der Waals surface area (Å²) < 4.78 is 40.2. The number of amides is 2. The number of halogens is 2. The van der Waals surface area contributed by atoms with E-state index in [4.69, 9.17) is 11.6 Å². The predicted molar refractivity (Wildman–Crippen MR) is 128 cm³/mol. The number of carbonyl (C=O) groups is 2. The summed E-state index contributed by atoms with van der Waals surface area (Å²) in [6.07, 6.45) is 0.970. The lowest BCUT2D eigenvalue weighted by atomic mass is 10.1. The molecular weight excluding hydrogens is 469 g/mol. The van der Waals surface area contributed by atoms with E-state index in [-0.39, 0.29) is 17.8 Å². The Morgan fingerprint density at radius 3 is 2.30 bits per heavy atom. The van der Waals surface area contributed by atoms with Crippen molar-refractivity contribution in [3.05, 3.63) is 64.9 Å². The number of nitrogens with one attached hydrogen (secondary N) is 1. The molecular formula is C23H29ClFN3O4S. The minimum Gasteiger partial charge on any atom is -0.350 e. The predicted octanol–water partition coefficient (Wildman–Crippen LogP) is 3.58. The molecule has 0 aliphatic carbocycles. The molecule has 1 unspecified atom stereocenters. The second-order valence-corrected chi connectivity index (χ2v) is 11.1. The third-order valence-corrected chi connectivity index (χ3v) is 6.12. The summed E-state index contributed by atoms with van der Waals surface area (Å²) in [6.45, 7) is 6.11. The smallest absolute Gasteiger partial charge is 0.244 e. The molecule has 2 aromatic rings. The van der Waals surface area contributed by atoms with E-state index < -0.39 is 45.8 Å². The zero-order valence-corrected chi connectivity index (χ0v) is 20.9. The van der Waals surface area contributed by atoms with E-state index in [0.717, 1.165) is 10.6 Å². The zero-order valence-electron chi connectivity index (χ0n) is 19.3. The van der Waals surface area contributed by atoms with Gasteiger partial charge in [0.2, 0.25) is 21.8 Å². The fourth-order valence-electron chi connectivity index (χ4n) is 3.11. The molecule has 180 valence electrons. The summed E-state index contributed by atoms with van der Waals surface area (Å²) in [5.41, 5.74) is -0.150. The van der Waals surface area contributed by atoms with Crippen molar-refractivity contribution in [3.63, 3.8) is 0 Å². The van der Waals surface area contributed by atoms with Crippen LogP contribution in [-0.2, 0) is 26.2 Å². The maximum absolute atomic E-state index is 14.4. The Labute approximate surface area is 199 Å². The first-order valence-corrected chi connectivity index (χ1v) is 12.5. The molecule has 1 atom stereocenters. The molecule has 0 saturated carbocycles. The average molecular weight is 498 g/mol. The summed E-state index contributed by atoms with van der Waals surface area (Å²) in [7, 11) is -3.87. The molecule has 0 spiro atoms. The summed E-state index contributed by atoms with van der Waals surface area (Å²) in [4.78, 5) is 27.4. The summed E-state index contributed by atoms with van der Waals surface area (Å²) in [6, 6.07) is 11.0. The Balaban J connectivity index is 2.42. The maximum atomic E-state index is 14.4. The first-order chi connectivity index (χ1) is 15.2. The van der Waals surface area contributed by atoms with Gasteiger partial charge >= 0.3 is 0 Å². The minimum atomic E-state index is -3.87.